The summed E-state index contributed by atoms with van der Waals surface area (Å²) in [6, 6.07) is 13.0. The van der Waals surface area contributed by atoms with Gasteiger partial charge in [0.05, 0.1) is 22.3 Å². The minimum Gasteiger partial charge on any atom is -0.307 e. The van der Waals surface area contributed by atoms with Crippen molar-refractivity contribution in [3.05, 3.63) is 89.8 Å². The first-order valence-electron chi connectivity index (χ1n) is 18.4. The van der Waals surface area contributed by atoms with Gasteiger partial charge in [0, 0.05) is 47.2 Å². The summed E-state index contributed by atoms with van der Waals surface area (Å²) in [5.41, 5.74) is 8.67. The molecule has 1 aromatic carbocycles. The molecule has 7 heteroatoms. The molecule has 0 fully saturated rings. The van der Waals surface area contributed by atoms with Crippen LogP contribution in [0.5, 0.6) is 0 Å². The van der Waals surface area contributed by atoms with Gasteiger partial charge in [-0.2, -0.15) is 10.2 Å². The molecule has 0 N–H and O–H groups in total. The minimum absolute atomic E-state index is 0.00258. The van der Waals surface area contributed by atoms with Crippen molar-refractivity contribution in [1.82, 2.24) is 33.9 Å². The lowest BCUT2D eigenvalue weighted by Gasteiger charge is -2.18. The van der Waals surface area contributed by atoms with Crippen LogP contribution in [0.2, 0.25) is 0 Å². The molecule has 5 aromatic heterocycles. The number of aromatic nitrogens is 7. The Balaban J connectivity index is 0.000000172. The molecule has 0 radical (unpaired) electrons. The Bertz CT molecular complexity index is 1820. The number of nitrogens with zero attached hydrogens (tertiary/aromatic N) is 7. The van der Waals surface area contributed by atoms with Crippen molar-refractivity contribution in [2.45, 2.75) is 157 Å². The third-order valence-electron chi connectivity index (χ3n) is 9.06. The number of pyridine rings is 2. The van der Waals surface area contributed by atoms with Gasteiger partial charge in [-0.25, -0.2) is 9.97 Å². The lowest BCUT2D eigenvalue weighted by Crippen LogP contribution is -2.21. The summed E-state index contributed by atoms with van der Waals surface area (Å²) < 4.78 is 6.17. The van der Waals surface area contributed by atoms with Crippen LogP contribution in [0, 0.1) is 0 Å². The predicted molar refractivity (Wildman–Crippen MR) is 217 cm³/mol. The molecule has 0 atom stereocenters. The fraction of sp³-hybridized carbons (Fsp3) is 0.545. The summed E-state index contributed by atoms with van der Waals surface area (Å²) in [6.07, 6.45) is 10.5. The van der Waals surface area contributed by atoms with E-state index in [0.29, 0.717) is 0 Å². The Morgan fingerprint density at radius 2 is 0.980 bits per heavy atom. The van der Waals surface area contributed by atoms with Gasteiger partial charge in [0.15, 0.2) is 5.65 Å². The zero-order valence-corrected chi connectivity index (χ0v) is 35.0. The third kappa shape index (κ3) is 9.87. The highest BCUT2D eigenvalue weighted by Crippen LogP contribution is 2.28. The number of hydrogen-bond acceptors (Lipinski definition) is 4. The van der Waals surface area contributed by atoms with E-state index >= 15 is 0 Å². The van der Waals surface area contributed by atoms with Crippen LogP contribution < -0.4 is 0 Å². The Morgan fingerprint density at radius 1 is 0.471 bits per heavy atom. The maximum Gasteiger partial charge on any atom is 0.181 e. The summed E-state index contributed by atoms with van der Waals surface area (Å²) in [4.78, 5) is 9.12. The highest BCUT2D eigenvalue weighted by atomic mass is 15.3. The van der Waals surface area contributed by atoms with E-state index in [4.69, 9.17) is 0 Å². The molecule has 6 aromatic rings. The van der Waals surface area contributed by atoms with Crippen LogP contribution in [-0.4, -0.2) is 33.9 Å². The Labute approximate surface area is 307 Å². The lowest BCUT2D eigenvalue weighted by molar-refractivity contribution is 0.358. The van der Waals surface area contributed by atoms with Crippen LogP contribution in [0.25, 0.3) is 27.6 Å². The third-order valence-corrected chi connectivity index (χ3v) is 9.06. The molecule has 0 spiro atoms. The Morgan fingerprint density at radius 3 is 1.51 bits per heavy atom. The van der Waals surface area contributed by atoms with Crippen molar-refractivity contribution in [2.75, 3.05) is 0 Å². The number of rotatable bonds is 0. The fourth-order valence-corrected chi connectivity index (χ4v) is 5.30. The van der Waals surface area contributed by atoms with Crippen LogP contribution in [0.1, 0.15) is 147 Å². The molecule has 0 unspecified atom stereocenters. The molecule has 0 aliphatic rings. The van der Waals surface area contributed by atoms with Gasteiger partial charge in [0.1, 0.15) is 5.65 Å². The van der Waals surface area contributed by atoms with Gasteiger partial charge in [0.25, 0.3) is 0 Å². The number of benzene rings is 1. The molecular weight excluding hydrogens is 627 g/mol. The van der Waals surface area contributed by atoms with Gasteiger partial charge >= 0.3 is 0 Å². The second-order valence-corrected chi connectivity index (χ2v) is 20.2. The monoisotopic (exact) mass is 692 g/mol. The smallest absolute Gasteiger partial charge is 0.181 e. The zero-order valence-electron chi connectivity index (χ0n) is 35.0. The van der Waals surface area contributed by atoms with Crippen molar-refractivity contribution >= 4 is 27.6 Å². The SMILES string of the molecule is CC(C)(C)c1ccc2nc(C(C)(C)C)cn2c1.CC(C)(C)c1ccc2nn(C(C)(C)C)cc2c1.CC(C)(C)c1cnc2nn(C(C)(C)C)cc2c1. The fourth-order valence-electron chi connectivity index (χ4n) is 5.30. The highest BCUT2D eigenvalue weighted by Gasteiger charge is 2.21. The first kappa shape index (κ1) is 39.8. The number of imidazole rings is 1. The molecule has 276 valence electrons. The van der Waals surface area contributed by atoms with Crippen molar-refractivity contribution in [3.8, 4) is 0 Å². The summed E-state index contributed by atoms with van der Waals surface area (Å²) in [5, 5.41) is 11.5. The summed E-state index contributed by atoms with van der Waals surface area (Å²) in [6.45, 7) is 39.5. The van der Waals surface area contributed by atoms with Crippen molar-refractivity contribution < 1.29 is 0 Å². The summed E-state index contributed by atoms with van der Waals surface area (Å²) >= 11 is 0. The van der Waals surface area contributed by atoms with Gasteiger partial charge < -0.3 is 4.40 Å². The maximum absolute atomic E-state index is 4.67. The van der Waals surface area contributed by atoms with Crippen LogP contribution >= 0.6 is 0 Å². The maximum atomic E-state index is 4.67. The van der Waals surface area contributed by atoms with Crippen LogP contribution in [-0.2, 0) is 32.7 Å². The summed E-state index contributed by atoms with van der Waals surface area (Å²) in [5.74, 6) is 0. The first-order chi connectivity index (χ1) is 23.0. The molecule has 0 aliphatic carbocycles. The molecule has 0 saturated carbocycles. The Hall–Kier alpha value is -4.00. The molecule has 51 heavy (non-hydrogen) atoms. The topological polar surface area (TPSA) is 65.8 Å². The molecule has 0 aliphatic heterocycles. The van der Waals surface area contributed by atoms with Crippen LogP contribution in [0.4, 0.5) is 0 Å². The van der Waals surface area contributed by atoms with Crippen molar-refractivity contribution in [1.29, 1.82) is 0 Å². The van der Waals surface area contributed by atoms with E-state index in [1.165, 1.54) is 22.1 Å². The second kappa shape index (κ2) is 13.5. The van der Waals surface area contributed by atoms with Crippen LogP contribution in [0.3, 0.4) is 0 Å². The zero-order chi connectivity index (χ0) is 38.5. The standard InChI is InChI=1S/2C15H22N2.C14H21N3/c1-14(2,3)12-7-8-13-11(9-12)10-17(16-13)15(4,5)6;1-14(2,3)11-7-8-13-16-12(15(4,5)6)10-17(13)9-11;1-13(2,3)11-7-10-9-17(14(4,5)6)16-12(10)15-8-11/h2*7-10H,1-6H3;7-9H,1-6H3. The molecule has 6 rings (SSSR count). The van der Waals surface area contributed by atoms with Crippen LogP contribution in [0.15, 0.2) is 67.4 Å². The predicted octanol–water partition coefficient (Wildman–Crippen LogP) is 11.5. The average Bonchev–Trinajstić information content (AvgIpc) is 3.71. The van der Waals surface area contributed by atoms with E-state index in [1.807, 2.05) is 15.6 Å². The minimum atomic E-state index is 0.00258. The van der Waals surface area contributed by atoms with Crippen molar-refractivity contribution in [2.24, 2.45) is 0 Å². The largest absolute Gasteiger partial charge is 0.307 e. The van der Waals surface area contributed by atoms with Gasteiger partial charge in [-0.15, -0.1) is 0 Å². The normalized spacial score (nSPS) is 13.3. The van der Waals surface area contributed by atoms with E-state index in [9.17, 15) is 0 Å². The van der Waals surface area contributed by atoms with E-state index in [0.717, 1.165) is 27.9 Å². The van der Waals surface area contributed by atoms with Gasteiger partial charge in [0.2, 0.25) is 0 Å². The average molecular weight is 692 g/mol. The molecule has 0 amide bonds. The van der Waals surface area contributed by atoms with E-state index in [2.05, 4.69) is 210 Å². The van der Waals surface area contributed by atoms with Gasteiger partial charge in [-0.05, 0) is 98.7 Å². The first-order valence-corrected chi connectivity index (χ1v) is 18.4. The van der Waals surface area contributed by atoms with Gasteiger partial charge in [-0.1, -0.05) is 95.2 Å². The molecular formula is C44H65N7. The number of hydrogen-bond donors (Lipinski definition) is 0. The lowest BCUT2D eigenvalue weighted by atomic mass is 9.86. The Kier molecular flexibility index (Phi) is 10.5. The number of fused-ring (bicyclic) bond motifs is 3. The van der Waals surface area contributed by atoms with E-state index < -0.39 is 0 Å². The molecule has 0 saturated heterocycles. The molecule has 0 bridgehead atoms. The highest BCUT2D eigenvalue weighted by molar-refractivity contribution is 5.79. The van der Waals surface area contributed by atoms with E-state index in [-0.39, 0.29) is 32.7 Å². The van der Waals surface area contributed by atoms with Crippen molar-refractivity contribution in [3.63, 3.8) is 0 Å². The molecule has 7 nitrogen and oxygen atoms in total. The quantitative estimate of drug-likeness (QED) is 0.159. The molecule has 5 heterocycles. The second-order valence-electron chi connectivity index (χ2n) is 20.2. The van der Waals surface area contributed by atoms with Gasteiger partial charge in [-0.3, -0.25) is 9.36 Å². The summed E-state index contributed by atoms with van der Waals surface area (Å²) in [7, 11) is 0. The van der Waals surface area contributed by atoms with E-state index in [1.54, 1.807) is 0 Å².